The highest BCUT2D eigenvalue weighted by Crippen LogP contribution is 2.19. The van der Waals surface area contributed by atoms with E-state index in [4.69, 9.17) is 0 Å². The van der Waals surface area contributed by atoms with Crippen molar-refractivity contribution in [1.82, 2.24) is 15.5 Å². The Morgan fingerprint density at radius 2 is 2.60 bits per heavy atom. The summed E-state index contributed by atoms with van der Waals surface area (Å²) in [6, 6.07) is 0.767. The molecule has 0 aliphatic heterocycles. The summed E-state index contributed by atoms with van der Waals surface area (Å²) in [7, 11) is 0. The maximum atomic E-state index is 3.92. The zero-order valence-electron chi connectivity index (χ0n) is 5.58. The first-order valence-corrected chi connectivity index (χ1v) is 4.31. The number of aromatic nitrogens is 2. The van der Waals surface area contributed by atoms with Gasteiger partial charge >= 0.3 is 0 Å². The standard InChI is InChI=1S/C6H9N3S/c1-2-5(1)7-3-6-9-8-4-10-6/h4-5,7H,1-3H2. The average Bonchev–Trinajstić information content (AvgIpc) is 2.63. The first kappa shape index (κ1) is 6.24. The molecule has 0 atom stereocenters. The van der Waals surface area contributed by atoms with Crippen LogP contribution in [0.2, 0.25) is 0 Å². The van der Waals surface area contributed by atoms with Crippen molar-refractivity contribution >= 4 is 11.3 Å². The number of hydrogen-bond acceptors (Lipinski definition) is 4. The lowest BCUT2D eigenvalue weighted by atomic mass is 10.6. The van der Waals surface area contributed by atoms with Crippen LogP contribution in [0, 0.1) is 0 Å². The molecular formula is C6H9N3S. The van der Waals surface area contributed by atoms with Crippen LogP contribution in [0.25, 0.3) is 0 Å². The van der Waals surface area contributed by atoms with Crippen LogP contribution in [0.3, 0.4) is 0 Å². The smallest absolute Gasteiger partial charge is 0.131 e. The van der Waals surface area contributed by atoms with Gasteiger partial charge in [-0.05, 0) is 12.8 Å². The highest BCUT2D eigenvalue weighted by molar-refractivity contribution is 7.09. The van der Waals surface area contributed by atoms with Crippen LogP contribution in [0.4, 0.5) is 0 Å². The first-order valence-electron chi connectivity index (χ1n) is 3.43. The molecule has 1 aliphatic rings. The monoisotopic (exact) mass is 155 g/mol. The van der Waals surface area contributed by atoms with Crippen molar-refractivity contribution in [1.29, 1.82) is 0 Å². The van der Waals surface area contributed by atoms with Gasteiger partial charge in [-0.1, -0.05) is 0 Å². The van der Waals surface area contributed by atoms with Crippen LogP contribution in [-0.4, -0.2) is 16.2 Å². The van der Waals surface area contributed by atoms with E-state index in [1.807, 2.05) is 0 Å². The lowest BCUT2D eigenvalue weighted by Crippen LogP contribution is -2.14. The molecule has 0 aromatic carbocycles. The summed E-state index contributed by atoms with van der Waals surface area (Å²) in [4.78, 5) is 0. The summed E-state index contributed by atoms with van der Waals surface area (Å²) in [5, 5.41) is 12.1. The zero-order valence-corrected chi connectivity index (χ0v) is 6.40. The van der Waals surface area contributed by atoms with Crippen LogP contribution in [0.5, 0.6) is 0 Å². The van der Waals surface area contributed by atoms with Crippen molar-refractivity contribution in [3.63, 3.8) is 0 Å². The zero-order chi connectivity index (χ0) is 6.81. The Balaban J connectivity index is 1.79. The predicted molar refractivity (Wildman–Crippen MR) is 39.8 cm³/mol. The summed E-state index contributed by atoms with van der Waals surface area (Å²) < 4.78 is 0. The van der Waals surface area contributed by atoms with Gasteiger partial charge in [0.05, 0.1) is 0 Å². The number of rotatable bonds is 3. The van der Waals surface area contributed by atoms with Gasteiger partial charge in [-0.2, -0.15) is 0 Å². The topological polar surface area (TPSA) is 37.8 Å². The Kier molecular flexibility index (Phi) is 1.65. The second kappa shape index (κ2) is 2.64. The maximum Gasteiger partial charge on any atom is 0.131 e. The van der Waals surface area contributed by atoms with Gasteiger partial charge in [0, 0.05) is 12.6 Å². The molecule has 0 amide bonds. The van der Waals surface area contributed by atoms with Crippen molar-refractivity contribution in [2.75, 3.05) is 0 Å². The summed E-state index contributed by atoms with van der Waals surface area (Å²) in [6.07, 6.45) is 2.66. The molecule has 2 rings (SSSR count). The van der Waals surface area contributed by atoms with E-state index in [1.165, 1.54) is 12.8 Å². The highest BCUT2D eigenvalue weighted by atomic mass is 32.1. The fourth-order valence-corrected chi connectivity index (χ4v) is 1.27. The molecule has 0 spiro atoms. The predicted octanol–water partition coefficient (Wildman–Crippen LogP) is 0.790. The molecule has 1 fully saturated rings. The van der Waals surface area contributed by atoms with E-state index in [9.17, 15) is 0 Å². The Morgan fingerprint density at radius 1 is 1.70 bits per heavy atom. The third-order valence-electron chi connectivity index (χ3n) is 1.52. The molecule has 3 nitrogen and oxygen atoms in total. The minimum atomic E-state index is 0.767. The Labute approximate surface area is 63.5 Å². The molecule has 0 saturated heterocycles. The lowest BCUT2D eigenvalue weighted by molar-refractivity contribution is 0.679. The van der Waals surface area contributed by atoms with Gasteiger partial charge in [-0.15, -0.1) is 21.5 Å². The quantitative estimate of drug-likeness (QED) is 0.701. The van der Waals surface area contributed by atoms with Crippen LogP contribution >= 0.6 is 11.3 Å². The molecule has 0 bridgehead atoms. The molecule has 4 heteroatoms. The van der Waals surface area contributed by atoms with Gasteiger partial charge in [-0.3, -0.25) is 0 Å². The van der Waals surface area contributed by atoms with Crippen molar-refractivity contribution in [3.05, 3.63) is 10.5 Å². The van der Waals surface area contributed by atoms with E-state index >= 15 is 0 Å². The first-order chi connectivity index (χ1) is 4.95. The minimum absolute atomic E-state index is 0.767. The molecule has 0 unspecified atom stereocenters. The number of nitrogens with one attached hydrogen (secondary N) is 1. The number of nitrogens with zero attached hydrogens (tertiary/aromatic N) is 2. The molecule has 54 valence electrons. The largest absolute Gasteiger partial charge is 0.308 e. The Bertz CT molecular complexity index is 193. The van der Waals surface area contributed by atoms with Crippen molar-refractivity contribution in [3.8, 4) is 0 Å². The maximum absolute atomic E-state index is 3.92. The number of hydrogen-bond donors (Lipinski definition) is 1. The lowest BCUT2D eigenvalue weighted by Gasteiger charge is -1.94. The summed E-state index contributed by atoms with van der Waals surface area (Å²) in [5.74, 6) is 0. The van der Waals surface area contributed by atoms with Crippen molar-refractivity contribution in [2.45, 2.75) is 25.4 Å². The summed E-state index contributed by atoms with van der Waals surface area (Å²) in [6.45, 7) is 0.898. The molecule has 1 N–H and O–H groups in total. The third-order valence-corrected chi connectivity index (χ3v) is 2.22. The van der Waals surface area contributed by atoms with Crippen LogP contribution in [0.1, 0.15) is 17.8 Å². The SMILES string of the molecule is c1nnc(CNC2CC2)s1. The van der Waals surface area contributed by atoms with E-state index in [2.05, 4.69) is 15.5 Å². The fraction of sp³-hybridized carbons (Fsp3) is 0.667. The Hall–Kier alpha value is -0.480. The van der Waals surface area contributed by atoms with Crippen LogP contribution in [-0.2, 0) is 6.54 Å². The van der Waals surface area contributed by atoms with Gasteiger partial charge in [0.15, 0.2) is 0 Å². The molecule has 1 saturated carbocycles. The third kappa shape index (κ3) is 1.52. The summed E-state index contributed by atoms with van der Waals surface area (Å²) >= 11 is 1.61. The van der Waals surface area contributed by atoms with Crippen LogP contribution in [0.15, 0.2) is 5.51 Å². The summed E-state index contributed by atoms with van der Waals surface area (Å²) in [5.41, 5.74) is 1.77. The van der Waals surface area contributed by atoms with Crippen molar-refractivity contribution < 1.29 is 0 Å². The van der Waals surface area contributed by atoms with Crippen molar-refractivity contribution in [2.24, 2.45) is 0 Å². The second-order valence-corrected chi connectivity index (χ2v) is 3.41. The molecular weight excluding hydrogens is 146 g/mol. The average molecular weight is 155 g/mol. The highest BCUT2D eigenvalue weighted by Gasteiger charge is 2.20. The van der Waals surface area contributed by atoms with E-state index in [0.29, 0.717) is 0 Å². The van der Waals surface area contributed by atoms with E-state index in [1.54, 1.807) is 16.8 Å². The van der Waals surface area contributed by atoms with Gasteiger partial charge in [0.1, 0.15) is 10.5 Å². The second-order valence-electron chi connectivity index (χ2n) is 2.49. The fourth-order valence-electron chi connectivity index (χ4n) is 0.792. The van der Waals surface area contributed by atoms with Gasteiger partial charge in [0.25, 0.3) is 0 Å². The molecule has 1 heterocycles. The molecule has 1 aromatic rings. The van der Waals surface area contributed by atoms with Gasteiger partial charge in [0.2, 0.25) is 0 Å². The Morgan fingerprint density at radius 3 is 3.20 bits per heavy atom. The normalized spacial score (nSPS) is 17.6. The van der Waals surface area contributed by atoms with E-state index < -0.39 is 0 Å². The van der Waals surface area contributed by atoms with Crippen LogP contribution < -0.4 is 5.32 Å². The molecule has 10 heavy (non-hydrogen) atoms. The molecule has 1 aliphatic carbocycles. The molecule has 0 radical (unpaired) electrons. The van der Waals surface area contributed by atoms with E-state index in [0.717, 1.165) is 17.6 Å². The van der Waals surface area contributed by atoms with Gasteiger partial charge < -0.3 is 5.32 Å². The van der Waals surface area contributed by atoms with E-state index in [-0.39, 0.29) is 0 Å². The molecule has 1 aromatic heterocycles. The van der Waals surface area contributed by atoms with Gasteiger partial charge in [-0.25, -0.2) is 0 Å². The minimum Gasteiger partial charge on any atom is -0.308 e.